The van der Waals surface area contributed by atoms with E-state index in [1.807, 2.05) is 28.9 Å². The highest BCUT2D eigenvalue weighted by atomic mass is 19.1. The molecule has 0 radical (unpaired) electrons. The SMILES string of the molecule is CCC(=O)N1CCC(NC(=NC)NCc2ccc(N3CCOCC3)c(F)c2)C1. The van der Waals surface area contributed by atoms with Crippen molar-refractivity contribution in [2.45, 2.75) is 32.4 Å². The molecule has 0 bridgehead atoms. The van der Waals surface area contributed by atoms with Crippen LogP contribution in [-0.4, -0.2) is 69.2 Å². The van der Waals surface area contributed by atoms with Crippen LogP contribution in [0.25, 0.3) is 0 Å². The number of nitrogens with zero attached hydrogens (tertiary/aromatic N) is 3. The van der Waals surface area contributed by atoms with Crippen molar-refractivity contribution in [3.63, 3.8) is 0 Å². The molecule has 2 aliphatic rings. The Hall–Kier alpha value is -2.35. The Morgan fingerprint density at radius 1 is 1.32 bits per heavy atom. The smallest absolute Gasteiger partial charge is 0.222 e. The molecule has 2 saturated heterocycles. The summed E-state index contributed by atoms with van der Waals surface area (Å²) in [4.78, 5) is 19.9. The van der Waals surface area contributed by atoms with Gasteiger partial charge in [0.2, 0.25) is 5.91 Å². The van der Waals surface area contributed by atoms with E-state index in [1.54, 1.807) is 13.1 Å². The van der Waals surface area contributed by atoms with Crippen LogP contribution in [0.4, 0.5) is 10.1 Å². The van der Waals surface area contributed by atoms with Gasteiger partial charge in [-0.1, -0.05) is 13.0 Å². The van der Waals surface area contributed by atoms with Gasteiger partial charge in [0.15, 0.2) is 5.96 Å². The van der Waals surface area contributed by atoms with Crippen molar-refractivity contribution in [2.75, 3.05) is 51.3 Å². The minimum Gasteiger partial charge on any atom is -0.378 e. The van der Waals surface area contributed by atoms with Gasteiger partial charge in [-0.05, 0) is 24.1 Å². The van der Waals surface area contributed by atoms with Crippen LogP contribution in [0.5, 0.6) is 0 Å². The topological polar surface area (TPSA) is 69.2 Å². The first-order chi connectivity index (χ1) is 13.6. The summed E-state index contributed by atoms with van der Waals surface area (Å²) >= 11 is 0. The molecule has 0 spiro atoms. The largest absolute Gasteiger partial charge is 0.378 e. The standard InChI is InChI=1S/C20H30FN5O2/c1-3-19(27)26-7-6-16(14-26)24-20(22-2)23-13-15-4-5-18(17(21)12-15)25-8-10-28-11-9-25/h4-5,12,16H,3,6-11,13-14H2,1-2H3,(H2,22,23,24). The first kappa shape index (κ1) is 20.4. The second kappa shape index (κ2) is 9.73. The fourth-order valence-corrected chi connectivity index (χ4v) is 3.62. The van der Waals surface area contributed by atoms with Gasteiger partial charge in [-0.15, -0.1) is 0 Å². The van der Waals surface area contributed by atoms with Gasteiger partial charge < -0.3 is 25.2 Å². The summed E-state index contributed by atoms with van der Waals surface area (Å²) in [6, 6.07) is 5.52. The Labute approximate surface area is 165 Å². The molecule has 28 heavy (non-hydrogen) atoms. The first-order valence-corrected chi connectivity index (χ1v) is 9.96. The number of aliphatic imine (C=N–C) groups is 1. The first-order valence-electron chi connectivity index (χ1n) is 9.96. The zero-order valence-corrected chi connectivity index (χ0v) is 16.7. The summed E-state index contributed by atoms with van der Waals surface area (Å²) in [6.45, 7) is 6.51. The number of guanidine groups is 1. The average Bonchev–Trinajstić information content (AvgIpc) is 3.19. The maximum atomic E-state index is 14.5. The van der Waals surface area contributed by atoms with Crippen molar-refractivity contribution in [1.29, 1.82) is 0 Å². The van der Waals surface area contributed by atoms with Gasteiger partial charge in [0.05, 0.1) is 18.9 Å². The number of hydrogen-bond acceptors (Lipinski definition) is 4. The third-order valence-corrected chi connectivity index (χ3v) is 5.23. The molecule has 0 aliphatic carbocycles. The summed E-state index contributed by atoms with van der Waals surface area (Å²) < 4.78 is 19.9. The number of nitrogens with one attached hydrogen (secondary N) is 2. The molecule has 1 aromatic rings. The summed E-state index contributed by atoms with van der Waals surface area (Å²) in [6.07, 6.45) is 1.43. The maximum absolute atomic E-state index is 14.5. The third-order valence-electron chi connectivity index (χ3n) is 5.23. The second-order valence-electron chi connectivity index (χ2n) is 7.13. The minimum atomic E-state index is -0.214. The number of anilines is 1. The number of benzene rings is 1. The van der Waals surface area contributed by atoms with E-state index >= 15 is 0 Å². The lowest BCUT2D eigenvalue weighted by Gasteiger charge is -2.29. The van der Waals surface area contributed by atoms with Crippen molar-refractivity contribution in [2.24, 2.45) is 4.99 Å². The van der Waals surface area contributed by atoms with Crippen LogP contribution in [-0.2, 0) is 16.1 Å². The molecular weight excluding hydrogens is 361 g/mol. The number of carbonyl (C=O) groups excluding carboxylic acids is 1. The summed E-state index contributed by atoms with van der Waals surface area (Å²) in [5.41, 5.74) is 1.48. The van der Waals surface area contributed by atoms with Crippen molar-refractivity contribution >= 4 is 17.6 Å². The molecule has 8 heteroatoms. The van der Waals surface area contributed by atoms with E-state index in [-0.39, 0.29) is 17.8 Å². The van der Waals surface area contributed by atoms with Crippen molar-refractivity contribution in [1.82, 2.24) is 15.5 Å². The number of carbonyl (C=O) groups is 1. The second-order valence-corrected chi connectivity index (χ2v) is 7.13. The molecule has 3 rings (SSSR count). The molecule has 7 nitrogen and oxygen atoms in total. The molecule has 154 valence electrons. The lowest BCUT2D eigenvalue weighted by atomic mass is 10.1. The van der Waals surface area contributed by atoms with Gasteiger partial charge in [-0.3, -0.25) is 9.79 Å². The normalized spacial score (nSPS) is 20.4. The maximum Gasteiger partial charge on any atom is 0.222 e. The number of ether oxygens (including phenoxy) is 1. The summed E-state index contributed by atoms with van der Waals surface area (Å²) in [5.74, 6) is 0.630. The van der Waals surface area contributed by atoms with Gasteiger partial charge in [-0.2, -0.15) is 0 Å². The van der Waals surface area contributed by atoms with Gasteiger partial charge in [0.25, 0.3) is 0 Å². The Kier molecular flexibility index (Phi) is 7.08. The Balaban J connectivity index is 1.51. The van der Waals surface area contributed by atoms with Crippen LogP contribution in [0.3, 0.4) is 0 Å². The van der Waals surface area contributed by atoms with Crippen LogP contribution in [0.1, 0.15) is 25.3 Å². The molecule has 1 atom stereocenters. The number of halogens is 1. The van der Waals surface area contributed by atoms with E-state index in [4.69, 9.17) is 4.74 Å². The quantitative estimate of drug-likeness (QED) is 0.586. The van der Waals surface area contributed by atoms with E-state index in [9.17, 15) is 9.18 Å². The van der Waals surface area contributed by atoms with E-state index in [2.05, 4.69) is 15.6 Å². The third kappa shape index (κ3) is 5.13. The van der Waals surface area contributed by atoms with Gasteiger partial charge in [0, 0.05) is 52.2 Å². The van der Waals surface area contributed by atoms with Crippen molar-refractivity contribution in [3.05, 3.63) is 29.6 Å². The van der Waals surface area contributed by atoms with E-state index in [0.29, 0.717) is 57.5 Å². The minimum absolute atomic E-state index is 0.183. The van der Waals surface area contributed by atoms with E-state index in [1.165, 1.54) is 0 Å². The predicted octanol–water partition coefficient (Wildman–Crippen LogP) is 1.34. The molecule has 1 aromatic carbocycles. The summed E-state index contributed by atoms with van der Waals surface area (Å²) in [7, 11) is 1.71. The Morgan fingerprint density at radius 2 is 2.11 bits per heavy atom. The molecule has 0 saturated carbocycles. The highest BCUT2D eigenvalue weighted by Gasteiger charge is 2.25. The van der Waals surface area contributed by atoms with Crippen molar-refractivity contribution < 1.29 is 13.9 Å². The fourth-order valence-electron chi connectivity index (χ4n) is 3.62. The lowest BCUT2D eigenvalue weighted by molar-refractivity contribution is -0.129. The van der Waals surface area contributed by atoms with Crippen LogP contribution in [0.2, 0.25) is 0 Å². The number of morpholine rings is 1. The molecule has 1 unspecified atom stereocenters. The van der Waals surface area contributed by atoms with Gasteiger partial charge in [-0.25, -0.2) is 4.39 Å². The molecule has 2 N–H and O–H groups in total. The highest BCUT2D eigenvalue weighted by molar-refractivity contribution is 5.80. The molecule has 2 heterocycles. The predicted molar refractivity (Wildman–Crippen MR) is 108 cm³/mol. The highest BCUT2D eigenvalue weighted by Crippen LogP contribution is 2.21. The van der Waals surface area contributed by atoms with Crippen molar-refractivity contribution in [3.8, 4) is 0 Å². The molecule has 2 aliphatic heterocycles. The van der Waals surface area contributed by atoms with Gasteiger partial charge >= 0.3 is 0 Å². The van der Waals surface area contributed by atoms with E-state index < -0.39 is 0 Å². The lowest BCUT2D eigenvalue weighted by Crippen LogP contribution is -2.44. The number of amides is 1. The zero-order chi connectivity index (χ0) is 19.9. The number of rotatable bonds is 5. The van der Waals surface area contributed by atoms with Crippen LogP contribution in [0.15, 0.2) is 23.2 Å². The molecule has 0 aromatic heterocycles. The van der Waals surface area contributed by atoms with Crippen LogP contribution < -0.4 is 15.5 Å². The zero-order valence-electron chi connectivity index (χ0n) is 16.7. The van der Waals surface area contributed by atoms with E-state index in [0.717, 1.165) is 18.5 Å². The average molecular weight is 391 g/mol. The number of hydrogen-bond donors (Lipinski definition) is 2. The molecular formula is C20H30FN5O2. The Morgan fingerprint density at radius 3 is 2.79 bits per heavy atom. The monoisotopic (exact) mass is 391 g/mol. The Bertz CT molecular complexity index is 706. The number of likely N-dealkylation sites (tertiary alicyclic amines) is 1. The van der Waals surface area contributed by atoms with Gasteiger partial charge in [0.1, 0.15) is 5.82 Å². The molecule has 2 fully saturated rings. The molecule has 1 amide bonds. The van der Waals surface area contributed by atoms with Crippen LogP contribution in [0, 0.1) is 5.82 Å². The fraction of sp³-hybridized carbons (Fsp3) is 0.600. The summed E-state index contributed by atoms with van der Waals surface area (Å²) in [5, 5.41) is 6.58. The van der Waals surface area contributed by atoms with Crippen LogP contribution >= 0.6 is 0 Å².